The molecule has 0 spiro atoms. The molecule has 0 aliphatic rings. The van der Waals surface area contributed by atoms with Crippen LogP contribution in [0.1, 0.15) is 11.1 Å². The Labute approximate surface area is 76.9 Å². The van der Waals surface area contributed by atoms with Crippen LogP contribution < -0.4 is 0 Å². The minimum absolute atomic E-state index is 0.300. The Morgan fingerprint density at radius 3 is 2.62 bits per heavy atom. The van der Waals surface area contributed by atoms with E-state index in [1.165, 1.54) is 6.08 Å². The van der Waals surface area contributed by atoms with Crippen LogP contribution in [0, 0.1) is 6.92 Å². The van der Waals surface area contributed by atoms with Crippen LogP contribution in [-0.4, -0.2) is 12.1 Å². The summed E-state index contributed by atoms with van der Waals surface area (Å²) in [5, 5.41) is 0. The van der Waals surface area contributed by atoms with Gasteiger partial charge in [0.05, 0.1) is 0 Å². The van der Waals surface area contributed by atoms with Crippen LogP contribution in [-0.2, 0) is 9.59 Å². The third-order valence-corrected chi connectivity index (χ3v) is 1.73. The van der Waals surface area contributed by atoms with Crippen molar-refractivity contribution in [2.45, 2.75) is 6.92 Å². The van der Waals surface area contributed by atoms with Crippen molar-refractivity contribution in [1.29, 1.82) is 0 Å². The molecule has 0 heterocycles. The summed E-state index contributed by atoms with van der Waals surface area (Å²) in [6.45, 7) is 1.95. The Balaban J connectivity index is 2.85. The van der Waals surface area contributed by atoms with Crippen molar-refractivity contribution in [2.24, 2.45) is 0 Å². The van der Waals surface area contributed by atoms with E-state index >= 15 is 0 Å². The Morgan fingerprint density at radius 2 is 2.00 bits per heavy atom. The van der Waals surface area contributed by atoms with Crippen LogP contribution in [0.3, 0.4) is 0 Å². The smallest absolute Gasteiger partial charge is 0.218 e. The number of ketones is 1. The van der Waals surface area contributed by atoms with Gasteiger partial charge in [-0.25, -0.2) is 0 Å². The van der Waals surface area contributed by atoms with E-state index < -0.39 is 5.78 Å². The van der Waals surface area contributed by atoms with E-state index in [0.29, 0.717) is 6.29 Å². The third-order valence-electron chi connectivity index (χ3n) is 1.73. The summed E-state index contributed by atoms with van der Waals surface area (Å²) in [5.74, 6) is -0.511. The zero-order chi connectivity index (χ0) is 9.68. The van der Waals surface area contributed by atoms with Crippen molar-refractivity contribution in [3.8, 4) is 0 Å². The number of aryl methyl sites for hydroxylation is 1. The van der Waals surface area contributed by atoms with E-state index in [-0.39, 0.29) is 0 Å². The lowest BCUT2D eigenvalue weighted by Gasteiger charge is -1.96. The van der Waals surface area contributed by atoms with Gasteiger partial charge >= 0.3 is 0 Å². The predicted molar refractivity (Wildman–Crippen MR) is 51.3 cm³/mol. The highest BCUT2D eigenvalue weighted by Crippen LogP contribution is 2.08. The summed E-state index contributed by atoms with van der Waals surface area (Å²) in [7, 11) is 0. The summed E-state index contributed by atoms with van der Waals surface area (Å²) in [6.07, 6.45) is 3.22. The van der Waals surface area contributed by atoms with Gasteiger partial charge in [-0.3, -0.25) is 9.59 Å². The maximum atomic E-state index is 10.6. The molecule has 13 heavy (non-hydrogen) atoms. The Morgan fingerprint density at radius 1 is 1.31 bits per heavy atom. The Kier molecular flexibility index (Phi) is 3.15. The topological polar surface area (TPSA) is 34.1 Å². The molecule has 2 heteroatoms. The molecule has 0 atom stereocenters. The summed E-state index contributed by atoms with van der Waals surface area (Å²) >= 11 is 0. The van der Waals surface area contributed by atoms with Crippen LogP contribution in [0.2, 0.25) is 0 Å². The van der Waals surface area contributed by atoms with Gasteiger partial charge < -0.3 is 0 Å². The zero-order valence-corrected chi connectivity index (χ0v) is 7.36. The first kappa shape index (κ1) is 9.39. The fourth-order valence-electron chi connectivity index (χ4n) is 0.985. The van der Waals surface area contributed by atoms with Crippen molar-refractivity contribution in [1.82, 2.24) is 0 Å². The molecular weight excluding hydrogens is 164 g/mol. The van der Waals surface area contributed by atoms with Gasteiger partial charge in [-0.1, -0.05) is 30.3 Å². The molecule has 0 aliphatic carbocycles. The zero-order valence-electron chi connectivity index (χ0n) is 7.36. The molecule has 0 amide bonds. The summed E-state index contributed by atoms with van der Waals surface area (Å²) in [4.78, 5) is 20.7. The van der Waals surface area contributed by atoms with Crippen LogP contribution in [0.5, 0.6) is 0 Å². The molecule has 0 radical (unpaired) electrons. The first-order chi connectivity index (χ1) is 6.24. The lowest BCUT2D eigenvalue weighted by Crippen LogP contribution is -1.91. The fraction of sp³-hybridized carbons (Fsp3) is 0.0909. The van der Waals surface area contributed by atoms with Gasteiger partial charge in [-0.05, 0) is 24.1 Å². The third kappa shape index (κ3) is 2.67. The number of benzene rings is 1. The van der Waals surface area contributed by atoms with Gasteiger partial charge in [-0.15, -0.1) is 0 Å². The van der Waals surface area contributed by atoms with Gasteiger partial charge in [0.15, 0.2) is 6.29 Å². The van der Waals surface area contributed by atoms with Gasteiger partial charge in [0.25, 0.3) is 0 Å². The van der Waals surface area contributed by atoms with Crippen molar-refractivity contribution < 1.29 is 9.59 Å². The maximum Gasteiger partial charge on any atom is 0.218 e. The quantitative estimate of drug-likeness (QED) is 0.397. The second-order valence-electron chi connectivity index (χ2n) is 2.71. The largest absolute Gasteiger partial charge is 0.294 e. The fourth-order valence-corrected chi connectivity index (χ4v) is 0.985. The maximum absolute atomic E-state index is 10.6. The average Bonchev–Trinajstić information content (AvgIpc) is 2.16. The van der Waals surface area contributed by atoms with Gasteiger partial charge in [0.1, 0.15) is 0 Å². The number of rotatable bonds is 3. The Hall–Kier alpha value is -1.70. The monoisotopic (exact) mass is 174 g/mol. The van der Waals surface area contributed by atoms with E-state index in [9.17, 15) is 9.59 Å². The number of carbonyl (C=O) groups excluding carboxylic acids is 2. The summed E-state index contributed by atoms with van der Waals surface area (Å²) < 4.78 is 0. The normalized spacial score (nSPS) is 10.2. The molecule has 0 saturated heterocycles. The number of hydrogen-bond acceptors (Lipinski definition) is 2. The molecule has 1 aromatic carbocycles. The van der Waals surface area contributed by atoms with Crippen molar-refractivity contribution in [3.05, 3.63) is 41.5 Å². The van der Waals surface area contributed by atoms with E-state index in [1.54, 1.807) is 6.08 Å². The molecule has 66 valence electrons. The predicted octanol–water partition coefficient (Wildman–Crippen LogP) is 1.78. The standard InChI is InChI=1S/C11H10O2/c1-9-4-2-3-5-10(9)6-7-11(13)8-12/h2-8H,1H3. The SMILES string of the molecule is Cc1ccccc1C=CC(=O)C=O. The molecule has 0 fully saturated rings. The van der Waals surface area contributed by atoms with E-state index in [0.717, 1.165) is 11.1 Å². The molecular formula is C11H10O2. The first-order valence-corrected chi connectivity index (χ1v) is 3.97. The molecule has 0 bridgehead atoms. The highest BCUT2D eigenvalue weighted by Gasteiger charge is 1.93. The molecule has 0 aromatic heterocycles. The second-order valence-corrected chi connectivity index (χ2v) is 2.71. The lowest BCUT2D eigenvalue weighted by molar-refractivity contribution is -0.126. The lowest BCUT2D eigenvalue weighted by atomic mass is 10.1. The summed E-state index contributed by atoms with van der Waals surface area (Å²) in [6, 6.07) is 7.65. The van der Waals surface area contributed by atoms with Crippen molar-refractivity contribution >= 4 is 18.1 Å². The van der Waals surface area contributed by atoms with E-state index in [1.807, 2.05) is 31.2 Å². The minimum Gasteiger partial charge on any atom is -0.294 e. The molecule has 0 N–H and O–H groups in total. The molecule has 2 nitrogen and oxygen atoms in total. The van der Waals surface area contributed by atoms with Gasteiger partial charge in [0.2, 0.25) is 5.78 Å². The van der Waals surface area contributed by atoms with Crippen LogP contribution in [0.15, 0.2) is 30.3 Å². The molecule has 0 unspecified atom stereocenters. The first-order valence-electron chi connectivity index (χ1n) is 3.97. The van der Waals surface area contributed by atoms with E-state index in [2.05, 4.69) is 0 Å². The Bertz CT molecular complexity index is 351. The number of carbonyl (C=O) groups is 2. The highest BCUT2D eigenvalue weighted by molar-refractivity contribution is 6.31. The number of hydrogen-bond donors (Lipinski definition) is 0. The van der Waals surface area contributed by atoms with Crippen molar-refractivity contribution in [3.63, 3.8) is 0 Å². The summed E-state index contributed by atoms with van der Waals surface area (Å²) in [5.41, 5.74) is 2.04. The highest BCUT2D eigenvalue weighted by atomic mass is 16.2. The van der Waals surface area contributed by atoms with E-state index in [4.69, 9.17) is 0 Å². The van der Waals surface area contributed by atoms with Crippen molar-refractivity contribution in [2.75, 3.05) is 0 Å². The minimum atomic E-state index is -0.511. The van der Waals surface area contributed by atoms with Crippen LogP contribution in [0.4, 0.5) is 0 Å². The van der Waals surface area contributed by atoms with Gasteiger partial charge in [-0.2, -0.15) is 0 Å². The molecule has 1 rings (SSSR count). The second kappa shape index (κ2) is 4.36. The molecule has 0 saturated carbocycles. The van der Waals surface area contributed by atoms with Crippen LogP contribution in [0.25, 0.3) is 6.08 Å². The molecule has 0 aliphatic heterocycles. The number of aldehydes is 1. The molecule has 1 aromatic rings. The van der Waals surface area contributed by atoms with Gasteiger partial charge in [0, 0.05) is 0 Å². The number of allylic oxidation sites excluding steroid dienone is 1. The van der Waals surface area contributed by atoms with Crippen LogP contribution >= 0.6 is 0 Å². The average molecular weight is 174 g/mol.